The summed E-state index contributed by atoms with van der Waals surface area (Å²) in [5, 5.41) is 11.7. The Morgan fingerprint density at radius 3 is 2.81 bits per heavy atom. The summed E-state index contributed by atoms with van der Waals surface area (Å²) in [4.78, 5) is 18.8. The maximum Gasteiger partial charge on any atom is 0.270 e. The van der Waals surface area contributed by atoms with Gasteiger partial charge in [-0.1, -0.05) is 6.07 Å². The lowest BCUT2D eigenvalue weighted by molar-refractivity contribution is 0.0900. The van der Waals surface area contributed by atoms with E-state index in [0.717, 1.165) is 36.7 Å². The largest absolute Gasteiger partial charge is 0.378 e. The minimum atomic E-state index is -0.141. The van der Waals surface area contributed by atoms with Crippen molar-refractivity contribution in [3.05, 3.63) is 41.2 Å². The molecule has 0 aromatic carbocycles. The van der Waals surface area contributed by atoms with Crippen LogP contribution in [0.3, 0.4) is 0 Å². The number of nitrogens with one attached hydrogen (secondary N) is 1. The summed E-state index contributed by atoms with van der Waals surface area (Å²) in [6, 6.07) is 5.54. The van der Waals surface area contributed by atoms with Gasteiger partial charge in [0.2, 0.25) is 0 Å². The summed E-state index contributed by atoms with van der Waals surface area (Å²) in [6.07, 6.45) is 1.74. The number of pyridine rings is 1. The zero-order valence-electron chi connectivity index (χ0n) is 15.8. The van der Waals surface area contributed by atoms with Crippen molar-refractivity contribution in [1.82, 2.24) is 30.0 Å². The Labute approximate surface area is 153 Å². The van der Waals surface area contributed by atoms with E-state index in [1.54, 1.807) is 13.2 Å². The van der Waals surface area contributed by atoms with Crippen molar-refractivity contribution in [3.8, 4) is 0 Å². The van der Waals surface area contributed by atoms with Crippen molar-refractivity contribution in [2.75, 3.05) is 21.2 Å². The first-order valence-corrected chi connectivity index (χ1v) is 8.76. The Kier molecular flexibility index (Phi) is 5.63. The number of carbonyl (C=O) groups excluding carboxylic acids is 1. The Bertz CT molecular complexity index is 767. The third-order valence-electron chi connectivity index (χ3n) is 4.63. The number of ether oxygens (including phenoxy) is 1. The van der Waals surface area contributed by atoms with Crippen LogP contribution < -0.4 is 5.32 Å². The van der Waals surface area contributed by atoms with Crippen molar-refractivity contribution in [1.29, 1.82) is 0 Å². The lowest BCUT2D eigenvalue weighted by atomic mass is 9.79. The van der Waals surface area contributed by atoms with Crippen LogP contribution in [0.5, 0.6) is 0 Å². The molecule has 0 unspecified atom stereocenters. The monoisotopic (exact) mass is 358 g/mol. The summed E-state index contributed by atoms with van der Waals surface area (Å²) < 4.78 is 7.13. The maximum atomic E-state index is 12.4. The molecule has 1 fully saturated rings. The van der Waals surface area contributed by atoms with E-state index in [2.05, 4.69) is 30.0 Å². The summed E-state index contributed by atoms with van der Waals surface area (Å²) in [5.41, 5.74) is 1.18. The van der Waals surface area contributed by atoms with Gasteiger partial charge < -0.3 is 19.5 Å². The predicted molar refractivity (Wildman–Crippen MR) is 96.6 cm³/mol. The number of amides is 1. The van der Waals surface area contributed by atoms with E-state index in [1.807, 2.05) is 33.3 Å². The van der Waals surface area contributed by atoms with Gasteiger partial charge in [0.25, 0.3) is 5.91 Å². The molecular formula is C18H26N6O2. The Morgan fingerprint density at radius 1 is 1.35 bits per heavy atom. The van der Waals surface area contributed by atoms with E-state index in [9.17, 15) is 4.79 Å². The molecule has 1 aliphatic rings. The van der Waals surface area contributed by atoms with Crippen molar-refractivity contribution in [2.24, 2.45) is 7.05 Å². The van der Waals surface area contributed by atoms with Crippen LogP contribution in [0.15, 0.2) is 18.2 Å². The average Bonchev–Trinajstić information content (AvgIpc) is 2.91. The third-order valence-corrected chi connectivity index (χ3v) is 4.63. The number of aromatic nitrogens is 4. The van der Waals surface area contributed by atoms with Gasteiger partial charge in [-0.2, -0.15) is 0 Å². The normalized spacial score (nSPS) is 19.4. The highest BCUT2D eigenvalue weighted by Crippen LogP contribution is 2.36. The van der Waals surface area contributed by atoms with Crippen molar-refractivity contribution < 1.29 is 9.53 Å². The van der Waals surface area contributed by atoms with Crippen molar-refractivity contribution in [2.45, 2.75) is 38.0 Å². The molecule has 140 valence electrons. The van der Waals surface area contributed by atoms with E-state index in [4.69, 9.17) is 4.74 Å². The first kappa shape index (κ1) is 18.5. The predicted octanol–water partition coefficient (Wildman–Crippen LogP) is 1.09. The smallest absolute Gasteiger partial charge is 0.270 e. The van der Waals surface area contributed by atoms with Crippen LogP contribution >= 0.6 is 0 Å². The van der Waals surface area contributed by atoms with E-state index in [-0.39, 0.29) is 11.9 Å². The highest BCUT2D eigenvalue weighted by molar-refractivity contribution is 5.92. The zero-order valence-corrected chi connectivity index (χ0v) is 15.8. The molecule has 0 saturated heterocycles. The molecule has 0 aliphatic heterocycles. The molecular weight excluding hydrogens is 332 g/mol. The maximum absolute atomic E-state index is 12.4. The molecule has 1 aliphatic carbocycles. The van der Waals surface area contributed by atoms with Crippen molar-refractivity contribution in [3.63, 3.8) is 0 Å². The summed E-state index contributed by atoms with van der Waals surface area (Å²) in [7, 11) is 7.64. The fourth-order valence-corrected chi connectivity index (χ4v) is 3.19. The van der Waals surface area contributed by atoms with Crippen LogP contribution in [-0.2, 0) is 24.9 Å². The number of hydrogen-bond acceptors (Lipinski definition) is 6. The molecule has 0 spiro atoms. The van der Waals surface area contributed by atoms with Gasteiger partial charge in [0.15, 0.2) is 0 Å². The van der Waals surface area contributed by atoms with Gasteiger partial charge in [0.1, 0.15) is 17.3 Å². The quantitative estimate of drug-likeness (QED) is 0.798. The Morgan fingerprint density at radius 2 is 2.12 bits per heavy atom. The molecule has 0 atom stereocenters. The molecule has 1 N–H and O–H groups in total. The fourth-order valence-electron chi connectivity index (χ4n) is 3.19. The van der Waals surface area contributed by atoms with Gasteiger partial charge in [0.05, 0.1) is 18.8 Å². The zero-order chi connectivity index (χ0) is 18.7. The molecule has 0 radical (unpaired) electrons. The lowest BCUT2D eigenvalue weighted by Crippen LogP contribution is -2.44. The molecule has 2 aromatic heterocycles. The Hall–Kier alpha value is -2.32. The molecule has 3 rings (SSSR count). The number of methoxy groups -OCH3 is 1. The number of nitrogens with zero attached hydrogens (tertiary/aromatic N) is 5. The summed E-state index contributed by atoms with van der Waals surface area (Å²) in [5.74, 6) is 2.14. The SMILES string of the molecule is COCc1cccc(C(=O)NC2CC(c3nnc(CN(C)C)n3C)C2)n1. The van der Waals surface area contributed by atoms with Gasteiger partial charge in [-0.25, -0.2) is 4.98 Å². The van der Waals surface area contributed by atoms with Crippen LogP contribution in [0.4, 0.5) is 0 Å². The lowest BCUT2D eigenvalue weighted by Gasteiger charge is -2.35. The summed E-state index contributed by atoms with van der Waals surface area (Å²) in [6.45, 7) is 1.16. The van der Waals surface area contributed by atoms with Gasteiger partial charge in [-0.3, -0.25) is 4.79 Å². The van der Waals surface area contributed by atoms with E-state index >= 15 is 0 Å². The second-order valence-electron chi connectivity index (χ2n) is 7.06. The van der Waals surface area contributed by atoms with Crippen LogP contribution in [0, 0.1) is 0 Å². The van der Waals surface area contributed by atoms with Gasteiger partial charge in [0, 0.05) is 26.1 Å². The highest BCUT2D eigenvalue weighted by Gasteiger charge is 2.35. The third kappa shape index (κ3) is 4.08. The number of rotatable bonds is 7. The van der Waals surface area contributed by atoms with Crippen LogP contribution in [0.2, 0.25) is 0 Å². The molecule has 8 nitrogen and oxygen atoms in total. The molecule has 1 amide bonds. The standard InChI is InChI=1S/C18H26N6O2/c1-23(2)10-16-21-22-17(24(16)3)12-8-14(9-12)20-18(25)15-7-5-6-13(19-15)11-26-4/h5-7,12,14H,8-11H2,1-4H3,(H,20,25). The molecule has 26 heavy (non-hydrogen) atoms. The number of hydrogen-bond donors (Lipinski definition) is 1. The molecule has 2 aromatic rings. The molecule has 2 heterocycles. The number of carbonyl (C=O) groups is 1. The Balaban J connectivity index is 1.55. The highest BCUT2D eigenvalue weighted by atomic mass is 16.5. The first-order chi connectivity index (χ1) is 12.5. The first-order valence-electron chi connectivity index (χ1n) is 8.76. The molecule has 8 heteroatoms. The van der Waals surface area contributed by atoms with Crippen LogP contribution in [-0.4, -0.2) is 57.8 Å². The van der Waals surface area contributed by atoms with E-state index < -0.39 is 0 Å². The van der Waals surface area contributed by atoms with Gasteiger partial charge >= 0.3 is 0 Å². The minimum Gasteiger partial charge on any atom is -0.378 e. The van der Waals surface area contributed by atoms with Gasteiger partial charge in [-0.05, 0) is 39.1 Å². The van der Waals surface area contributed by atoms with E-state index in [0.29, 0.717) is 18.2 Å². The van der Waals surface area contributed by atoms with Gasteiger partial charge in [-0.15, -0.1) is 10.2 Å². The topological polar surface area (TPSA) is 85.2 Å². The summed E-state index contributed by atoms with van der Waals surface area (Å²) >= 11 is 0. The second kappa shape index (κ2) is 7.92. The van der Waals surface area contributed by atoms with Crippen molar-refractivity contribution >= 4 is 5.91 Å². The fraction of sp³-hybridized carbons (Fsp3) is 0.556. The second-order valence-corrected chi connectivity index (χ2v) is 7.06. The average molecular weight is 358 g/mol. The minimum absolute atomic E-state index is 0.141. The van der Waals surface area contributed by atoms with E-state index in [1.165, 1.54) is 0 Å². The molecule has 0 bridgehead atoms. The van der Waals surface area contributed by atoms with Crippen LogP contribution in [0.25, 0.3) is 0 Å². The molecule has 1 saturated carbocycles. The van der Waals surface area contributed by atoms with Crippen LogP contribution in [0.1, 0.15) is 46.6 Å².